The lowest BCUT2D eigenvalue weighted by molar-refractivity contribution is -0.438. The number of ether oxygens (including phenoxy) is 5. The van der Waals surface area contributed by atoms with Crippen LogP contribution in [0.2, 0.25) is 0 Å². The normalized spacial score (nSPS) is 19.4. The summed E-state index contributed by atoms with van der Waals surface area (Å²) in [6, 6.07) is 8.84. The highest BCUT2D eigenvalue weighted by molar-refractivity contribution is 7.86. The van der Waals surface area contributed by atoms with E-state index in [2.05, 4.69) is 4.90 Å². The van der Waals surface area contributed by atoms with Crippen LogP contribution < -0.4 is 4.90 Å². The number of unbranched alkanes of at least 4 members (excludes halogenated alkanes) is 2. The summed E-state index contributed by atoms with van der Waals surface area (Å²) in [5.41, 5.74) is 2.64. The molecule has 0 fully saturated rings. The van der Waals surface area contributed by atoms with Crippen LogP contribution in [0.25, 0.3) is 0 Å². The molecule has 0 aromatic heterocycles. The Morgan fingerprint density at radius 2 is 1.24 bits per heavy atom. The predicted octanol–water partition coefficient (Wildman–Crippen LogP) is 6.30. The minimum atomic E-state index is -4.59. The second-order valence-corrected chi connectivity index (χ2v) is 21.1. The third-order valence-electron chi connectivity index (χ3n) is 11.9. The first-order chi connectivity index (χ1) is 32.2. The fourth-order valence-electron chi connectivity index (χ4n) is 8.49. The van der Waals surface area contributed by atoms with E-state index in [1.54, 1.807) is 37.5 Å². The molecule has 2 aromatic carbocycles. The number of hydrogen-bond donors (Lipinski definition) is 4. The van der Waals surface area contributed by atoms with E-state index in [1.165, 1.54) is 24.3 Å². The molecule has 0 radical (unpaired) electrons. The number of anilines is 1. The predicted molar refractivity (Wildman–Crippen MR) is 257 cm³/mol. The molecule has 0 spiro atoms. The van der Waals surface area contributed by atoms with Crippen molar-refractivity contribution >= 4 is 53.4 Å². The molecule has 2 unspecified atom stereocenters. The molecule has 0 aliphatic carbocycles. The zero-order valence-corrected chi connectivity index (χ0v) is 41.7. The maximum absolute atomic E-state index is 12.2. The molecule has 0 saturated heterocycles. The number of nitrogens with zero attached hydrogens (tertiary/aromatic N) is 2. The highest BCUT2D eigenvalue weighted by atomic mass is 32.2. The Hall–Kier alpha value is -4.13. The van der Waals surface area contributed by atoms with Gasteiger partial charge in [-0.3, -0.25) is 18.5 Å². The largest absolute Gasteiger partial charge is 0.481 e. The van der Waals surface area contributed by atoms with Crippen LogP contribution in [-0.2, 0) is 69.7 Å². The lowest BCUT2D eigenvalue weighted by Gasteiger charge is -2.30. The molecule has 2 aliphatic rings. The van der Waals surface area contributed by atoms with Gasteiger partial charge in [-0.05, 0) is 94.8 Å². The summed E-state index contributed by atoms with van der Waals surface area (Å²) in [5.74, 6) is -1.42. The van der Waals surface area contributed by atoms with Crippen LogP contribution >= 0.6 is 0 Å². The van der Waals surface area contributed by atoms with Gasteiger partial charge in [-0.1, -0.05) is 30.4 Å². The van der Waals surface area contributed by atoms with Gasteiger partial charge in [-0.2, -0.15) is 29.8 Å². The average Bonchev–Trinajstić information content (AvgIpc) is 3.64. The number of allylic oxidation sites excluding steroid dienone is 8. The third-order valence-corrected chi connectivity index (χ3v) is 14.4. The number of methoxy groups -OCH3 is 1. The van der Waals surface area contributed by atoms with Gasteiger partial charge in [0, 0.05) is 67.6 Å². The Balaban J connectivity index is 1.55. The van der Waals surface area contributed by atoms with Crippen LogP contribution in [0.5, 0.6) is 0 Å². The van der Waals surface area contributed by atoms with E-state index in [4.69, 9.17) is 28.8 Å². The molecule has 18 nitrogen and oxygen atoms in total. The molecule has 378 valence electrons. The van der Waals surface area contributed by atoms with Crippen LogP contribution in [0.3, 0.4) is 0 Å². The fourth-order valence-corrected chi connectivity index (χ4v) is 10.0. The lowest BCUT2D eigenvalue weighted by atomic mass is 9.76. The molecular formula is C47H67N2O16S3+. The molecule has 0 amide bonds. The van der Waals surface area contributed by atoms with E-state index >= 15 is 0 Å². The van der Waals surface area contributed by atoms with Crippen molar-refractivity contribution in [3.8, 4) is 0 Å². The van der Waals surface area contributed by atoms with Gasteiger partial charge in [0.25, 0.3) is 30.4 Å². The number of benzene rings is 2. The SMILES string of the molecule is CCN1/C(=C/C=C/C=C/C=C/C2=[N+](CCCCCC(=O)O)c3ccc(S(=O)(=O)O)cc3C2(C)CCCS(=O)(=O)O)C(C)(CCOCCOCCOCCOCCOC)c2cc(S(=O)(=O)O)ccc21. The summed E-state index contributed by atoms with van der Waals surface area (Å²) in [7, 11) is -11.8. The Bertz CT molecular complexity index is 2520. The summed E-state index contributed by atoms with van der Waals surface area (Å²) in [5, 5.41) is 9.13. The van der Waals surface area contributed by atoms with Gasteiger partial charge in [0.15, 0.2) is 5.71 Å². The Morgan fingerprint density at radius 1 is 0.676 bits per heavy atom. The molecular weight excluding hydrogens is 945 g/mol. The van der Waals surface area contributed by atoms with Crippen molar-refractivity contribution in [3.05, 3.63) is 95.8 Å². The fraction of sp³-hybridized carbons (Fsp3) is 0.532. The number of fused-ring (bicyclic) bond motifs is 2. The van der Waals surface area contributed by atoms with Crippen LogP contribution in [0.1, 0.15) is 76.8 Å². The molecule has 2 heterocycles. The summed E-state index contributed by atoms with van der Waals surface area (Å²) in [6.45, 7) is 10.6. The molecule has 4 rings (SSSR count). The maximum atomic E-state index is 12.2. The van der Waals surface area contributed by atoms with Crippen molar-refractivity contribution in [1.82, 2.24) is 0 Å². The van der Waals surface area contributed by atoms with E-state index in [0.29, 0.717) is 115 Å². The second kappa shape index (κ2) is 26.2. The highest BCUT2D eigenvalue weighted by Crippen LogP contribution is 2.50. The lowest BCUT2D eigenvalue weighted by Crippen LogP contribution is -2.32. The molecule has 0 bridgehead atoms. The number of carboxylic acid groups (broad SMARTS) is 1. The molecule has 2 aliphatic heterocycles. The first-order valence-corrected chi connectivity index (χ1v) is 27.0. The molecule has 68 heavy (non-hydrogen) atoms. The number of aliphatic carboxylic acids is 1. The number of carboxylic acids is 1. The molecule has 2 atom stereocenters. The van der Waals surface area contributed by atoms with Crippen LogP contribution in [0.4, 0.5) is 11.4 Å². The third kappa shape index (κ3) is 16.2. The van der Waals surface area contributed by atoms with Crippen molar-refractivity contribution in [3.63, 3.8) is 0 Å². The summed E-state index contributed by atoms with van der Waals surface area (Å²) in [6.07, 6.45) is 15.2. The zero-order valence-electron chi connectivity index (χ0n) is 39.2. The average molecular weight is 1010 g/mol. The highest BCUT2D eigenvalue weighted by Gasteiger charge is 2.48. The van der Waals surface area contributed by atoms with Gasteiger partial charge in [0.1, 0.15) is 6.54 Å². The summed E-state index contributed by atoms with van der Waals surface area (Å²) < 4.78 is 131. The molecule has 21 heteroatoms. The molecule has 2 aromatic rings. The minimum Gasteiger partial charge on any atom is -0.481 e. The van der Waals surface area contributed by atoms with Crippen molar-refractivity contribution in [2.45, 2.75) is 86.3 Å². The first-order valence-electron chi connectivity index (χ1n) is 22.5. The van der Waals surface area contributed by atoms with Crippen LogP contribution in [0, 0.1) is 0 Å². The first kappa shape index (κ1) is 56.5. The number of likely N-dealkylation sites (N-methyl/N-ethyl adjacent to an activating group) is 1. The van der Waals surface area contributed by atoms with Crippen molar-refractivity contribution in [1.29, 1.82) is 0 Å². The van der Waals surface area contributed by atoms with Gasteiger partial charge in [-0.25, -0.2) is 0 Å². The zero-order chi connectivity index (χ0) is 50.0. The van der Waals surface area contributed by atoms with Gasteiger partial charge in [-0.15, -0.1) is 0 Å². The standard InChI is InChI=1S/C47H66N2O16S3/c1-5-48-41-20-18-37(67(55,56)57)35-39(41)47(3,23-25-62-28-29-64-32-33-65-31-30-63-27-26-61-4)43(48)15-10-7-6-8-11-16-44-46(2,22-14-34-66(52,53)54)40-36-38(68(58,59)60)19-21-42(40)49(44)24-13-9-12-17-45(50)51/h6-8,10-11,15-16,18-21,35-36H,5,9,12-14,17,22-34H2,1-4H3,(H3-,50,51,52,53,54,55,56,57,58,59,60)/p+1. The topological polar surface area (TPSA) is 253 Å². The Morgan fingerprint density at radius 3 is 1.81 bits per heavy atom. The number of hydrogen-bond acceptors (Lipinski definition) is 13. The van der Waals surface area contributed by atoms with Gasteiger partial charge >= 0.3 is 5.97 Å². The van der Waals surface area contributed by atoms with E-state index < -0.39 is 52.9 Å². The quantitative estimate of drug-likeness (QED) is 0.0271. The summed E-state index contributed by atoms with van der Waals surface area (Å²) >= 11 is 0. The second-order valence-electron chi connectivity index (χ2n) is 16.7. The number of rotatable bonds is 32. The van der Waals surface area contributed by atoms with E-state index in [-0.39, 0.29) is 29.1 Å². The van der Waals surface area contributed by atoms with E-state index in [0.717, 1.165) is 16.9 Å². The van der Waals surface area contributed by atoms with E-state index in [1.807, 2.05) is 49.7 Å². The molecule has 0 saturated carbocycles. The van der Waals surface area contributed by atoms with E-state index in [9.17, 15) is 43.7 Å². The summed E-state index contributed by atoms with van der Waals surface area (Å²) in [4.78, 5) is 12.7. The Kier molecular flexibility index (Phi) is 21.7. The van der Waals surface area contributed by atoms with Gasteiger partial charge in [0.2, 0.25) is 5.69 Å². The van der Waals surface area contributed by atoms with Gasteiger partial charge < -0.3 is 33.7 Å². The van der Waals surface area contributed by atoms with Crippen molar-refractivity contribution < 1.29 is 77.1 Å². The minimum absolute atomic E-state index is 0.0145. The van der Waals surface area contributed by atoms with Gasteiger partial charge in [0.05, 0.1) is 73.8 Å². The van der Waals surface area contributed by atoms with Crippen LogP contribution in [-0.4, -0.2) is 146 Å². The van der Waals surface area contributed by atoms with Crippen LogP contribution in [0.15, 0.2) is 94.4 Å². The monoisotopic (exact) mass is 1010 g/mol. The maximum Gasteiger partial charge on any atom is 0.303 e. The Labute approximate surface area is 401 Å². The van der Waals surface area contributed by atoms with Crippen molar-refractivity contribution in [2.24, 2.45) is 0 Å². The molecule has 4 N–H and O–H groups in total. The van der Waals surface area contributed by atoms with Crippen molar-refractivity contribution in [2.75, 3.05) is 90.3 Å². The smallest absolute Gasteiger partial charge is 0.303 e. The number of carbonyl (C=O) groups is 1.